The van der Waals surface area contributed by atoms with Gasteiger partial charge in [-0.2, -0.15) is 0 Å². The van der Waals surface area contributed by atoms with Gasteiger partial charge in [-0.1, -0.05) is 19.9 Å². The van der Waals surface area contributed by atoms with Gasteiger partial charge in [-0.15, -0.1) is 0 Å². The Bertz CT molecular complexity index is 501. The lowest BCUT2D eigenvalue weighted by atomic mass is 10.1. The zero-order valence-corrected chi connectivity index (χ0v) is 14.0. The summed E-state index contributed by atoms with van der Waals surface area (Å²) < 4.78 is 11.7. The molecule has 118 valence electrons. The maximum atomic E-state index is 11.9. The van der Waals surface area contributed by atoms with Gasteiger partial charge in [0.1, 0.15) is 0 Å². The fourth-order valence-electron chi connectivity index (χ4n) is 1.86. The largest absolute Gasteiger partial charge is 0.398 e. The minimum absolute atomic E-state index is 0.0513. The van der Waals surface area contributed by atoms with Gasteiger partial charge < -0.3 is 11.1 Å². The molecular formula is C16H26N2O2S. The highest BCUT2D eigenvalue weighted by atomic mass is 32.2. The number of nitrogens with one attached hydrogen (secondary N) is 1. The SMILES string of the molecule is Cc1c(N)cccc1NC(=O)CCCS(=O)CCC(C)C. The summed E-state index contributed by atoms with van der Waals surface area (Å²) in [5, 5.41) is 2.86. The molecule has 0 fully saturated rings. The number of hydrogen-bond donors (Lipinski definition) is 2. The molecule has 1 aromatic rings. The zero-order valence-electron chi connectivity index (χ0n) is 13.1. The molecule has 0 aliphatic carbocycles. The molecule has 1 amide bonds. The number of carbonyl (C=O) groups excluding carboxylic acids is 1. The smallest absolute Gasteiger partial charge is 0.224 e. The second kappa shape index (κ2) is 8.82. The van der Waals surface area contributed by atoms with E-state index in [0.717, 1.165) is 23.4 Å². The van der Waals surface area contributed by atoms with Gasteiger partial charge in [0.2, 0.25) is 5.91 Å². The van der Waals surface area contributed by atoms with Crippen LogP contribution < -0.4 is 11.1 Å². The summed E-state index contributed by atoms with van der Waals surface area (Å²) in [6.07, 6.45) is 2.01. The van der Waals surface area contributed by atoms with Crippen molar-refractivity contribution >= 4 is 28.1 Å². The van der Waals surface area contributed by atoms with Crippen LogP contribution in [-0.4, -0.2) is 21.6 Å². The molecule has 0 bridgehead atoms. The second-order valence-electron chi connectivity index (χ2n) is 5.70. The highest BCUT2D eigenvalue weighted by Crippen LogP contribution is 2.20. The minimum atomic E-state index is -0.812. The highest BCUT2D eigenvalue weighted by molar-refractivity contribution is 7.84. The Balaban J connectivity index is 2.31. The summed E-state index contributed by atoms with van der Waals surface area (Å²) in [5.41, 5.74) is 8.10. The third-order valence-electron chi connectivity index (χ3n) is 3.35. The molecule has 0 spiro atoms. The molecule has 21 heavy (non-hydrogen) atoms. The molecule has 0 saturated carbocycles. The maximum Gasteiger partial charge on any atom is 0.224 e. The van der Waals surface area contributed by atoms with Crippen LogP contribution in [0.15, 0.2) is 18.2 Å². The van der Waals surface area contributed by atoms with Crippen LogP contribution in [0.4, 0.5) is 11.4 Å². The molecule has 1 unspecified atom stereocenters. The van der Waals surface area contributed by atoms with E-state index in [4.69, 9.17) is 5.73 Å². The molecule has 0 aromatic heterocycles. The van der Waals surface area contributed by atoms with Crippen molar-refractivity contribution in [3.05, 3.63) is 23.8 Å². The van der Waals surface area contributed by atoms with Gasteiger partial charge in [-0.3, -0.25) is 9.00 Å². The molecular weight excluding hydrogens is 284 g/mol. The molecule has 0 heterocycles. The standard InChI is InChI=1S/C16H26N2O2S/c1-12(2)9-11-21(20)10-5-8-16(19)18-15-7-4-6-14(17)13(15)3/h4,6-7,12H,5,8-11,17H2,1-3H3,(H,18,19). The predicted molar refractivity (Wildman–Crippen MR) is 90.8 cm³/mol. The minimum Gasteiger partial charge on any atom is -0.398 e. The third-order valence-corrected chi connectivity index (χ3v) is 4.78. The first-order valence-corrected chi connectivity index (χ1v) is 8.89. The van der Waals surface area contributed by atoms with E-state index in [1.807, 2.05) is 25.1 Å². The monoisotopic (exact) mass is 310 g/mol. The Hall–Kier alpha value is -1.36. The molecule has 0 saturated heterocycles. The molecule has 3 N–H and O–H groups in total. The third kappa shape index (κ3) is 6.76. The lowest BCUT2D eigenvalue weighted by molar-refractivity contribution is -0.116. The Kier molecular flexibility index (Phi) is 7.43. The summed E-state index contributed by atoms with van der Waals surface area (Å²) in [6.45, 7) is 6.13. The van der Waals surface area contributed by atoms with E-state index in [1.54, 1.807) is 0 Å². The first-order chi connectivity index (χ1) is 9.90. The van der Waals surface area contributed by atoms with Crippen molar-refractivity contribution in [2.45, 2.75) is 40.0 Å². The molecule has 1 aromatic carbocycles. The second-order valence-corrected chi connectivity index (χ2v) is 7.40. The fraction of sp³-hybridized carbons (Fsp3) is 0.562. The van der Waals surface area contributed by atoms with E-state index >= 15 is 0 Å². The van der Waals surface area contributed by atoms with Crippen LogP contribution in [0.2, 0.25) is 0 Å². The van der Waals surface area contributed by atoms with Gasteiger partial charge in [0.15, 0.2) is 0 Å². The van der Waals surface area contributed by atoms with E-state index in [0.29, 0.717) is 30.2 Å². The maximum absolute atomic E-state index is 11.9. The van der Waals surface area contributed by atoms with Gasteiger partial charge in [0.25, 0.3) is 0 Å². The van der Waals surface area contributed by atoms with E-state index in [2.05, 4.69) is 19.2 Å². The Morgan fingerprint density at radius 3 is 2.71 bits per heavy atom. The van der Waals surface area contributed by atoms with Crippen molar-refractivity contribution in [3.8, 4) is 0 Å². The molecule has 5 heteroatoms. The summed E-state index contributed by atoms with van der Waals surface area (Å²) in [6, 6.07) is 5.46. The van der Waals surface area contributed by atoms with Crippen LogP contribution >= 0.6 is 0 Å². The van der Waals surface area contributed by atoms with Crippen molar-refractivity contribution in [3.63, 3.8) is 0 Å². The fourth-order valence-corrected chi connectivity index (χ4v) is 3.27. The van der Waals surface area contributed by atoms with E-state index in [-0.39, 0.29) is 5.91 Å². The van der Waals surface area contributed by atoms with Crippen molar-refractivity contribution in [2.75, 3.05) is 22.6 Å². The molecule has 1 atom stereocenters. The zero-order chi connectivity index (χ0) is 15.8. The molecule has 4 nitrogen and oxygen atoms in total. The summed E-state index contributed by atoms with van der Waals surface area (Å²) >= 11 is 0. The molecule has 0 aliphatic rings. The first kappa shape index (κ1) is 17.7. The van der Waals surface area contributed by atoms with Gasteiger partial charge in [-0.25, -0.2) is 0 Å². The molecule has 0 radical (unpaired) electrons. The number of carbonyl (C=O) groups is 1. The number of nitrogen functional groups attached to an aromatic ring is 1. The van der Waals surface area contributed by atoms with Gasteiger partial charge in [0.05, 0.1) is 0 Å². The van der Waals surface area contributed by atoms with E-state index in [1.165, 1.54) is 0 Å². The number of amides is 1. The number of anilines is 2. The van der Waals surface area contributed by atoms with Crippen LogP contribution in [0.1, 0.15) is 38.7 Å². The number of nitrogens with two attached hydrogens (primary N) is 1. The Morgan fingerprint density at radius 1 is 1.33 bits per heavy atom. The molecule has 0 aliphatic heterocycles. The van der Waals surface area contributed by atoms with Crippen LogP contribution in [0.3, 0.4) is 0 Å². The average molecular weight is 310 g/mol. The lowest BCUT2D eigenvalue weighted by Gasteiger charge is -2.10. The predicted octanol–water partition coefficient (Wildman–Crippen LogP) is 3.09. The highest BCUT2D eigenvalue weighted by Gasteiger charge is 2.08. The summed E-state index contributed by atoms with van der Waals surface area (Å²) in [5.74, 6) is 1.84. The first-order valence-electron chi connectivity index (χ1n) is 7.40. The van der Waals surface area contributed by atoms with Crippen molar-refractivity contribution in [1.82, 2.24) is 0 Å². The van der Waals surface area contributed by atoms with Crippen molar-refractivity contribution < 1.29 is 9.00 Å². The molecule has 1 rings (SSSR count). The van der Waals surface area contributed by atoms with Crippen LogP contribution in [0.5, 0.6) is 0 Å². The van der Waals surface area contributed by atoms with Gasteiger partial charge in [0, 0.05) is 40.1 Å². The summed E-state index contributed by atoms with van der Waals surface area (Å²) in [7, 11) is -0.812. The number of rotatable bonds is 8. The van der Waals surface area contributed by atoms with Crippen molar-refractivity contribution in [1.29, 1.82) is 0 Å². The van der Waals surface area contributed by atoms with Crippen LogP contribution in [0, 0.1) is 12.8 Å². The summed E-state index contributed by atoms with van der Waals surface area (Å²) in [4.78, 5) is 11.9. The Labute approximate surface area is 130 Å². The lowest BCUT2D eigenvalue weighted by Crippen LogP contribution is -2.14. The number of benzene rings is 1. The topological polar surface area (TPSA) is 72.2 Å². The van der Waals surface area contributed by atoms with Crippen LogP contribution in [-0.2, 0) is 15.6 Å². The van der Waals surface area contributed by atoms with E-state index < -0.39 is 10.8 Å². The van der Waals surface area contributed by atoms with Gasteiger partial charge >= 0.3 is 0 Å². The van der Waals surface area contributed by atoms with Crippen molar-refractivity contribution in [2.24, 2.45) is 5.92 Å². The quantitative estimate of drug-likeness (QED) is 0.725. The number of hydrogen-bond acceptors (Lipinski definition) is 3. The van der Waals surface area contributed by atoms with Gasteiger partial charge in [-0.05, 0) is 43.4 Å². The van der Waals surface area contributed by atoms with Crippen LogP contribution in [0.25, 0.3) is 0 Å². The average Bonchev–Trinajstić information content (AvgIpc) is 2.41. The van der Waals surface area contributed by atoms with E-state index in [9.17, 15) is 9.00 Å². The normalized spacial score (nSPS) is 12.4. The Morgan fingerprint density at radius 2 is 2.05 bits per heavy atom.